The molecule has 30 heavy (non-hydrogen) atoms. The predicted octanol–water partition coefficient (Wildman–Crippen LogP) is 4.86. The number of pyridine rings is 1. The Morgan fingerprint density at radius 3 is 2.57 bits per heavy atom. The number of fused-ring (bicyclic) bond motifs is 1. The van der Waals surface area contributed by atoms with Crippen LogP contribution in [0.15, 0.2) is 79.0 Å². The summed E-state index contributed by atoms with van der Waals surface area (Å²) in [6.45, 7) is 2.08. The van der Waals surface area contributed by atoms with Gasteiger partial charge in [-0.25, -0.2) is 9.78 Å². The van der Waals surface area contributed by atoms with Gasteiger partial charge in [0.15, 0.2) is 0 Å². The molecule has 0 bridgehead atoms. The van der Waals surface area contributed by atoms with Crippen molar-refractivity contribution in [3.05, 3.63) is 95.8 Å². The highest BCUT2D eigenvalue weighted by molar-refractivity contribution is 5.71. The summed E-state index contributed by atoms with van der Waals surface area (Å²) in [6.07, 6.45) is 1.42. The summed E-state index contributed by atoms with van der Waals surface area (Å²) in [5.41, 5.74) is 4.79. The molecular formula is C24H20N4O2. The molecule has 0 spiro atoms. The third-order valence-electron chi connectivity index (χ3n) is 4.80. The lowest BCUT2D eigenvalue weighted by Crippen LogP contribution is -2.27. The highest BCUT2D eigenvalue weighted by atomic mass is 16.5. The molecule has 1 N–H and O–H groups in total. The number of rotatable bonds is 5. The molecule has 148 valence electrons. The zero-order valence-corrected chi connectivity index (χ0v) is 16.4. The van der Waals surface area contributed by atoms with Crippen molar-refractivity contribution in [1.29, 1.82) is 5.26 Å². The number of amides is 1. The Morgan fingerprint density at radius 2 is 1.83 bits per heavy atom. The Bertz CT molecular complexity index is 1210. The van der Waals surface area contributed by atoms with E-state index in [-0.39, 0.29) is 12.6 Å². The second-order valence-corrected chi connectivity index (χ2v) is 6.89. The van der Waals surface area contributed by atoms with Gasteiger partial charge in [0.2, 0.25) is 0 Å². The fourth-order valence-electron chi connectivity index (χ4n) is 3.32. The number of hydrogen-bond acceptors (Lipinski definition) is 4. The van der Waals surface area contributed by atoms with Crippen LogP contribution in [0.5, 0.6) is 0 Å². The molecule has 0 saturated carbocycles. The van der Waals surface area contributed by atoms with Crippen LogP contribution in [0.4, 0.5) is 4.79 Å². The monoisotopic (exact) mass is 396 g/mol. The maximum atomic E-state index is 12.3. The van der Waals surface area contributed by atoms with E-state index in [0.717, 1.165) is 28.2 Å². The number of aromatic nitrogens is 2. The predicted molar refractivity (Wildman–Crippen MR) is 114 cm³/mol. The summed E-state index contributed by atoms with van der Waals surface area (Å²) in [5.74, 6) is 0. The van der Waals surface area contributed by atoms with Crippen LogP contribution in [-0.4, -0.2) is 15.5 Å². The molecule has 6 nitrogen and oxygen atoms in total. The fourth-order valence-corrected chi connectivity index (χ4v) is 3.32. The van der Waals surface area contributed by atoms with E-state index in [1.807, 2.05) is 78.2 Å². The third kappa shape index (κ3) is 4.01. The number of alkyl carbamates (subject to hydrolysis) is 1. The zero-order chi connectivity index (χ0) is 20.9. The smallest absolute Gasteiger partial charge is 0.407 e. The first-order chi connectivity index (χ1) is 14.7. The van der Waals surface area contributed by atoms with Gasteiger partial charge in [0, 0.05) is 11.8 Å². The van der Waals surface area contributed by atoms with Crippen LogP contribution in [0.1, 0.15) is 29.8 Å². The average molecular weight is 396 g/mol. The summed E-state index contributed by atoms with van der Waals surface area (Å²) in [4.78, 5) is 17.1. The highest BCUT2D eigenvalue weighted by Crippen LogP contribution is 2.29. The SMILES string of the molecule is C[C@@H](NC(=O)OCc1ccccc1)c1nc2ccccn2c1-c1ccc(C#N)cc1. The minimum atomic E-state index is -0.505. The second kappa shape index (κ2) is 8.50. The number of carbonyl (C=O) groups is 1. The normalized spacial score (nSPS) is 11.6. The van der Waals surface area contributed by atoms with Crippen molar-refractivity contribution < 1.29 is 9.53 Å². The summed E-state index contributed by atoms with van der Waals surface area (Å²) in [6, 6.07) is 24.4. The van der Waals surface area contributed by atoms with E-state index in [2.05, 4.69) is 11.4 Å². The van der Waals surface area contributed by atoms with E-state index < -0.39 is 6.09 Å². The zero-order valence-electron chi connectivity index (χ0n) is 16.4. The molecule has 0 fully saturated rings. The minimum absolute atomic E-state index is 0.201. The first-order valence-corrected chi connectivity index (χ1v) is 9.60. The molecule has 4 rings (SSSR count). The van der Waals surface area contributed by atoms with Crippen molar-refractivity contribution in [2.45, 2.75) is 19.6 Å². The van der Waals surface area contributed by atoms with Crippen LogP contribution in [0.25, 0.3) is 16.9 Å². The van der Waals surface area contributed by atoms with E-state index in [0.29, 0.717) is 5.56 Å². The fraction of sp³-hybridized carbons (Fsp3) is 0.125. The van der Waals surface area contributed by atoms with E-state index in [1.54, 1.807) is 12.1 Å². The molecule has 0 saturated heterocycles. The van der Waals surface area contributed by atoms with Crippen molar-refractivity contribution in [3.63, 3.8) is 0 Å². The molecule has 1 amide bonds. The van der Waals surface area contributed by atoms with Crippen molar-refractivity contribution in [1.82, 2.24) is 14.7 Å². The maximum absolute atomic E-state index is 12.3. The Hall–Kier alpha value is -4.11. The molecule has 2 aromatic heterocycles. The van der Waals surface area contributed by atoms with Gasteiger partial charge in [0.25, 0.3) is 0 Å². The summed E-state index contributed by atoms with van der Waals surface area (Å²) >= 11 is 0. The number of hydrogen-bond donors (Lipinski definition) is 1. The molecule has 0 aliphatic heterocycles. The number of ether oxygens (including phenoxy) is 1. The van der Waals surface area contributed by atoms with Gasteiger partial charge in [0.05, 0.1) is 29.1 Å². The molecule has 1 atom stereocenters. The van der Waals surface area contributed by atoms with Gasteiger partial charge >= 0.3 is 6.09 Å². The number of nitrogens with one attached hydrogen (secondary N) is 1. The molecule has 4 aromatic rings. The molecule has 2 heterocycles. The number of imidazole rings is 1. The first-order valence-electron chi connectivity index (χ1n) is 9.60. The number of benzene rings is 2. The molecule has 6 heteroatoms. The minimum Gasteiger partial charge on any atom is -0.445 e. The summed E-state index contributed by atoms with van der Waals surface area (Å²) in [5, 5.41) is 11.9. The van der Waals surface area contributed by atoms with Crippen molar-refractivity contribution >= 4 is 11.7 Å². The molecule has 0 unspecified atom stereocenters. The van der Waals surface area contributed by atoms with Gasteiger partial charge in [-0.2, -0.15) is 5.26 Å². The van der Waals surface area contributed by atoms with Crippen LogP contribution >= 0.6 is 0 Å². The molecule has 0 radical (unpaired) electrons. The van der Waals surface area contributed by atoms with E-state index in [4.69, 9.17) is 15.0 Å². The van der Waals surface area contributed by atoms with Crippen LogP contribution < -0.4 is 5.32 Å². The first kappa shape index (κ1) is 19.2. The summed E-state index contributed by atoms with van der Waals surface area (Å²) < 4.78 is 7.33. The van der Waals surface area contributed by atoms with Crippen LogP contribution in [0.2, 0.25) is 0 Å². The van der Waals surface area contributed by atoms with Crippen LogP contribution in [-0.2, 0) is 11.3 Å². The Morgan fingerprint density at radius 1 is 1.10 bits per heavy atom. The molecule has 0 aliphatic carbocycles. The van der Waals surface area contributed by atoms with Gasteiger partial charge in [-0.3, -0.25) is 4.40 Å². The lowest BCUT2D eigenvalue weighted by molar-refractivity contribution is 0.136. The van der Waals surface area contributed by atoms with Crippen molar-refractivity contribution in [3.8, 4) is 17.3 Å². The van der Waals surface area contributed by atoms with Gasteiger partial charge in [-0.15, -0.1) is 0 Å². The Labute approximate surface area is 174 Å². The van der Waals surface area contributed by atoms with E-state index >= 15 is 0 Å². The van der Waals surface area contributed by atoms with Gasteiger partial charge < -0.3 is 10.1 Å². The number of nitriles is 1. The molecular weight excluding hydrogens is 376 g/mol. The van der Waals surface area contributed by atoms with Crippen LogP contribution in [0, 0.1) is 11.3 Å². The largest absolute Gasteiger partial charge is 0.445 e. The van der Waals surface area contributed by atoms with Gasteiger partial charge in [0.1, 0.15) is 12.3 Å². The van der Waals surface area contributed by atoms with E-state index in [1.165, 1.54) is 0 Å². The van der Waals surface area contributed by atoms with Crippen LogP contribution in [0.3, 0.4) is 0 Å². The molecule has 0 aliphatic rings. The number of carbonyl (C=O) groups excluding carboxylic acids is 1. The average Bonchev–Trinajstić information content (AvgIpc) is 3.18. The highest BCUT2D eigenvalue weighted by Gasteiger charge is 2.21. The number of nitrogens with zero attached hydrogens (tertiary/aromatic N) is 3. The Kier molecular flexibility index (Phi) is 5.44. The quantitative estimate of drug-likeness (QED) is 0.522. The van der Waals surface area contributed by atoms with Crippen molar-refractivity contribution in [2.75, 3.05) is 0 Å². The maximum Gasteiger partial charge on any atom is 0.407 e. The second-order valence-electron chi connectivity index (χ2n) is 6.89. The lowest BCUT2D eigenvalue weighted by Gasteiger charge is -2.14. The third-order valence-corrected chi connectivity index (χ3v) is 4.80. The van der Waals surface area contributed by atoms with Gasteiger partial charge in [-0.05, 0) is 36.8 Å². The molecule has 2 aromatic carbocycles. The van der Waals surface area contributed by atoms with Gasteiger partial charge in [-0.1, -0.05) is 48.5 Å². The van der Waals surface area contributed by atoms with E-state index in [9.17, 15) is 4.79 Å². The summed E-state index contributed by atoms with van der Waals surface area (Å²) in [7, 11) is 0. The Balaban J connectivity index is 1.59. The lowest BCUT2D eigenvalue weighted by atomic mass is 10.0. The van der Waals surface area contributed by atoms with Crippen molar-refractivity contribution in [2.24, 2.45) is 0 Å². The standard InChI is InChI=1S/C24H20N4O2/c1-17(26-24(29)30-16-19-7-3-2-4-8-19)22-23(20-12-10-18(15-25)11-13-20)28-14-6-5-9-21(28)27-22/h2-14,17H,16H2,1H3,(H,26,29)/t17-/m1/s1. The topological polar surface area (TPSA) is 79.4 Å².